The molecule has 0 unspecified atom stereocenters. The van der Waals surface area contributed by atoms with Crippen molar-refractivity contribution < 1.29 is 19.1 Å². The Bertz CT molecular complexity index is 591. The summed E-state index contributed by atoms with van der Waals surface area (Å²) in [5.41, 5.74) is 0.533. The van der Waals surface area contributed by atoms with Gasteiger partial charge < -0.3 is 20.1 Å². The lowest BCUT2D eigenvalue weighted by molar-refractivity contribution is -0.121. The lowest BCUT2D eigenvalue weighted by Crippen LogP contribution is -2.46. The second-order valence-electron chi connectivity index (χ2n) is 8.12. The molecule has 0 aliphatic heterocycles. The highest BCUT2D eigenvalue weighted by Crippen LogP contribution is 2.13. The molecular weight excluding hydrogens is 344 g/mol. The van der Waals surface area contributed by atoms with Gasteiger partial charge in [0.05, 0.1) is 7.11 Å². The molecule has 2 N–H and O–H groups in total. The van der Waals surface area contributed by atoms with Gasteiger partial charge >= 0.3 is 6.09 Å². The molecule has 6 nitrogen and oxygen atoms in total. The first-order chi connectivity index (χ1) is 12.6. The van der Waals surface area contributed by atoms with Crippen molar-refractivity contribution in [3.63, 3.8) is 0 Å². The molecule has 0 fully saturated rings. The Morgan fingerprint density at radius 3 is 2.26 bits per heavy atom. The molecule has 2 amide bonds. The van der Waals surface area contributed by atoms with Gasteiger partial charge in [-0.25, -0.2) is 4.79 Å². The summed E-state index contributed by atoms with van der Waals surface area (Å²) in [4.78, 5) is 24.2. The predicted molar refractivity (Wildman–Crippen MR) is 107 cm³/mol. The van der Waals surface area contributed by atoms with Crippen molar-refractivity contribution in [2.24, 2.45) is 5.92 Å². The minimum absolute atomic E-state index is 0.0365. The maximum atomic E-state index is 12.2. The molecule has 152 valence electrons. The lowest BCUT2D eigenvalue weighted by Gasteiger charge is -2.25. The second-order valence-corrected chi connectivity index (χ2v) is 8.12. The zero-order chi connectivity index (χ0) is 20.4. The van der Waals surface area contributed by atoms with Crippen molar-refractivity contribution in [2.75, 3.05) is 13.7 Å². The smallest absolute Gasteiger partial charge is 0.407 e. The van der Waals surface area contributed by atoms with Gasteiger partial charge in [0.25, 0.3) is 0 Å². The Morgan fingerprint density at radius 2 is 1.74 bits per heavy atom. The van der Waals surface area contributed by atoms with Crippen LogP contribution in [0.1, 0.15) is 53.0 Å². The Kier molecular flexibility index (Phi) is 9.12. The molecule has 1 atom stereocenters. The summed E-state index contributed by atoms with van der Waals surface area (Å²) in [5.74, 6) is 1.15. The van der Waals surface area contributed by atoms with Gasteiger partial charge in [-0.2, -0.15) is 0 Å². The molecular formula is C21H34N2O4. The second kappa shape index (κ2) is 10.8. The third-order valence-corrected chi connectivity index (χ3v) is 3.82. The fraction of sp³-hybridized carbons (Fsp3) is 0.619. The van der Waals surface area contributed by atoms with Crippen LogP contribution in [0.25, 0.3) is 0 Å². The number of alkyl carbamates (subject to hydrolysis) is 1. The van der Waals surface area contributed by atoms with E-state index >= 15 is 0 Å². The summed E-state index contributed by atoms with van der Waals surface area (Å²) in [6.45, 7) is 10.0. The average Bonchev–Trinajstić information content (AvgIpc) is 2.56. The summed E-state index contributed by atoms with van der Waals surface area (Å²) >= 11 is 0. The molecule has 0 saturated heterocycles. The van der Waals surface area contributed by atoms with Crippen LogP contribution < -0.4 is 15.4 Å². The van der Waals surface area contributed by atoms with Gasteiger partial charge in [-0.1, -0.05) is 26.0 Å². The molecule has 0 saturated carbocycles. The van der Waals surface area contributed by atoms with Crippen molar-refractivity contribution in [3.8, 4) is 5.75 Å². The number of carbonyl (C=O) groups is 2. The van der Waals surface area contributed by atoms with Crippen molar-refractivity contribution in [2.45, 2.75) is 65.5 Å². The highest BCUT2D eigenvalue weighted by Gasteiger charge is 2.20. The standard InChI is InChI=1S/C21H34N2O4/c1-15(2)13-17(23-20(25)27-21(3,4)5)14-22-19(24)12-9-16-7-10-18(26-6)11-8-16/h7-8,10-11,15,17H,9,12-14H2,1-6H3,(H,22,24)(H,23,25)/t17-/m0/s1. The van der Waals surface area contributed by atoms with Crippen LogP contribution in [0.5, 0.6) is 5.75 Å². The molecule has 1 aromatic rings. The van der Waals surface area contributed by atoms with E-state index in [2.05, 4.69) is 24.5 Å². The molecule has 27 heavy (non-hydrogen) atoms. The highest BCUT2D eigenvalue weighted by molar-refractivity contribution is 5.76. The highest BCUT2D eigenvalue weighted by atomic mass is 16.6. The van der Waals surface area contributed by atoms with E-state index in [0.717, 1.165) is 17.7 Å². The summed E-state index contributed by atoms with van der Waals surface area (Å²) in [5, 5.41) is 5.77. The minimum atomic E-state index is -0.548. The Hall–Kier alpha value is -2.24. The summed E-state index contributed by atoms with van der Waals surface area (Å²) in [6.07, 6.45) is 1.36. The molecule has 0 aliphatic rings. The van der Waals surface area contributed by atoms with E-state index in [4.69, 9.17) is 9.47 Å². The maximum absolute atomic E-state index is 12.2. The zero-order valence-electron chi connectivity index (χ0n) is 17.4. The van der Waals surface area contributed by atoms with E-state index in [-0.39, 0.29) is 11.9 Å². The van der Waals surface area contributed by atoms with Crippen molar-refractivity contribution in [3.05, 3.63) is 29.8 Å². The van der Waals surface area contributed by atoms with Gasteiger partial charge in [0.1, 0.15) is 11.4 Å². The predicted octanol–water partition coefficient (Wildman–Crippen LogP) is 3.68. The first kappa shape index (κ1) is 22.8. The Labute approximate surface area is 163 Å². The fourth-order valence-corrected chi connectivity index (χ4v) is 2.61. The van der Waals surface area contributed by atoms with E-state index in [1.807, 2.05) is 45.0 Å². The third-order valence-electron chi connectivity index (χ3n) is 3.82. The Morgan fingerprint density at radius 1 is 1.11 bits per heavy atom. The maximum Gasteiger partial charge on any atom is 0.407 e. The van der Waals surface area contributed by atoms with E-state index in [1.54, 1.807) is 7.11 Å². The van der Waals surface area contributed by atoms with E-state index in [1.165, 1.54) is 0 Å². The molecule has 0 radical (unpaired) electrons. The van der Waals surface area contributed by atoms with Crippen LogP contribution in [-0.2, 0) is 16.0 Å². The van der Waals surface area contributed by atoms with E-state index < -0.39 is 11.7 Å². The average molecular weight is 379 g/mol. The minimum Gasteiger partial charge on any atom is -0.497 e. The van der Waals surface area contributed by atoms with Crippen LogP contribution in [0.2, 0.25) is 0 Å². The SMILES string of the molecule is COc1ccc(CCC(=O)NC[C@H](CC(C)C)NC(=O)OC(C)(C)C)cc1. The number of nitrogens with one attached hydrogen (secondary N) is 2. The topological polar surface area (TPSA) is 76.7 Å². The number of ether oxygens (including phenoxy) is 2. The molecule has 1 aromatic carbocycles. The summed E-state index contributed by atoms with van der Waals surface area (Å²) < 4.78 is 10.4. The number of aryl methyl sites for hydroxylation is 1. The van der Waals surface area contributed by atoms with Gasteiger partial charge in [-0.05, 0) is 57.2 Å². The van der Waals surface area contributed by atoms with Crippen LogP contribution >= 0.6 is 0 Å². The van der Waals surface area contributed by atoms with Gasteiger partial charge in [0.15, 0.2) is 0 Å². The van der Waals surface area contributed by atoms with Gasteiger partial charge in [0.2, 0.25) is 5.91 Å². The molecule has 0 aromatic heterocycles. The van der Waals surface area contributed by atoms with Gasteiger partial charge in [0, 0.05) is 19.0 Å². The van der Waals surface area contributed by atoms with E-state index in [9.17, 15) is 9.59 Å². The normalized spacial score (nSPS) is 12.4. The summed E-state index contributed by atoms with van der Waals surface area (Å²) in [6, 6.07) is 7.52. The van der Waals surface area contributed by atoms with Crippen LogP contribution in [0.15, 0.2) is 24.3 Å². The van der Waals surface area contributed by atoms with Crippen molar-refractivity contribution in [1.29, 1.82) is 0 Å². The van der Waals surface area contributed by atoms with Crippen LogP contribution in [0.4, 0.5) is 4.79 Å². The first-order valence-electron chi connectivity index (χ1n) is 9.48. The third kappa shape index (κ3) is 10.5. The Balaban J connectivity index is 2.45. The monoisotopic (exact) mass is 378 g/mol. The number of methoxy groups -OCH3 is 1. The molecule has 6 heteroatoms. The number of hydrogen-bond donors (Lipinski definition) is 2. The van der Waals surface area contributed by atoms with Crippen molar-refractivity contribution >= 4 is 12.0 Å². The fourth-order valence-electron chi connectivity index (χ4n) is 2.61. The van der Waals surface area contributed by atoms with Crippen LogP contribution in [-0.4, -0.2) is 37.3 Å². The first-order valence-corrected chi connectivity index (χ1v) is 9.48. The van der Waals surface area contributed by atoms with Gasteiger partial charge in [-0.15, -0.1) is 0 Å². The van der Waals surface area contributed by atoms with E-state index in [0.29, 0.717) is 25.3 Å². The number of hydrogen-bond acceptors (Lipinski definition) is 4. The lowest BCUT2D eigenvalue weighted by atomic mass is 10.0. The molecule has 0 aliphatic carbocycles. The van der Waals surface area contributed by atoms with Crippen LogP contribution in [0, 0.1) is 5.92 Å². The number of rotatable bonds is 9. The summed E-state index contributed by atoms with van der Waals surface area (Å²) in [7, 11) is 1.63. The molecule has 0 spiro atoms. The number of benzene rings is 1. The number of amides is 2. The molecule has 0 heterocycles. The van der Waals surface area contributed by atoms with Crippen LogP contribution in [0.3, 0.4) is 0 Å². The molecule has 0 bridgehead atoms. The zero-order valence-corrected chi connectivity index (χ0v) is 17.4. The largest absolute Gasteiger partial charge is 0.497 e. The molecule has 1 rings (SSSR count). The number of carbonyl (C=O) groups excluding carboxylic acids is 2. The van der Waals surface area contributed by atoms with Gasteiger partial charge in [-0.3, -0.25) is 4.79 Å². The quantitative estimate of drug-likeness (QED) is 0.687. The van der Waals surface area contributed by atoms with Crippen molar-refractivity contribution in [1.82, 2.24) is 10.6 Å².